The monoisotopic (exact) mass is 346 g/mol. The van der Waals surface area contributed by atoms with Crippen LogP contribution in [0, 0.1) is 0 Å². The SMILES string of the molecule is C=CCC[C@H](N[C@H]1CCc2ccccc2N(CC(=O)O)C1=O)C(=O)O. The predicted molar refractivity (Wildman–Crippen MR) is 92.5 cm³/mol. The number of para-hydroxylation sites is 1. The van der Waals surface area contributed by atoms with Crippen molar-refractivity contribution >= 4 is 23.5 Å². The molecule has 7 heteroatoms. The molecule has 0 spiro atoms. The molecule has 1 heterocycles. The molecule has 134 valence electrons. The van der Waals surface area contributed by atoms with Gasteiger partial charge in [0.2, 0.25) is 5.91 Å². The maximum atomic E-state index is 12.9. The summed E-state index contributed by atoms with van der Waals surface area (Å²) in [6.45, 7) is 3.12. The molecule has 0 aliphatic carbocycles. The van der Waals surface area contributed by atoms with Crippen molar-refractivity contribution in [2.45, 2.75) is 37.8 Å². The number of carboxylic acids is 2. The van der Waals surface area contributed by atoms with Crippen molar-refractivity contribution in [2.24, 2.45) is 0 Å². The Morgan fingerprint density at radius 2 is 2.08 bits per heavy atom. The molecule has 0 aromatic heterocycles. The lowest BCUT2D eigenvalue weighted by molar-refractivity contribution is -0.140. The van der Waals surface area contributed by atoms with E-state index < -0.39 is 36.5 Å². The molecular weight excluding hydrogens is 324 g/mol. The summed E-state index contributed by atoms with van der Waals surface area (Å²) >= 11 is 0. The molecule has 1 aliphatic heterocycles. The maximum Gasteiger partial charge on any atom is 0.323 e. The molecule has 0 saturated heterocycles. The van der Waals surface area contributed by atoms with Gasteiger partial charge in [-0.25, -0.2) is 0 Å². The van der Waals surface area contributed by atoms with Crippen molar-refractivity contribution in [2.75, 3.05) is 11.4 Å². The highest BCUT2D eigenvalue weighted by atomic mass is 16.4. The Labute approximate surface area is 145 Å². The number of fused-ring (bicyclic) bond motifs is 1. The highest BCUT2D eigenvalue weighted by molar-refractivity contribution is 6.02. The summed E-state index contributed by atoms with van der Waals surface area (Å²) in [5, 5.41) is 21.4. The number of benzene rings is 1. The molecule has 1 aromatic carbocycles. The number of anilines is 1. The van der Waals surface area contributed by atoms with Gasteiger partial charge in [0.1, 0.15) is 12.6 Å². The van der Waals surface area contributed by atoms with E-state index in [-0.39, 0.29) is 0 Å². The first-order valence-electron chi connectivity index (χ1n) is 8.15. The highest BCUT2D eigenvalue weighted by Crippen LogP contribution is 2.27. The number of rotatable bonds is 8. The second-order valence-corrected chi connectivity index (χ2v) is 5.96. The zero-order valence-electron chi connectivity index (χ0n) is 13.9. The van der Waals surface area contributed by atoms with Crippen molar-refractivity contribution in [1.29, 1.82) is 0 Å². The van der Waals surface area contributed by atoms with Gasteiger partial charge in [-0.15, -0.1) is 6.58 Å². The molecule has 25 heavy (non-hydrogen) atoms. The third-order valence-electron chi connectivity index (χ3n) is 4.20. The normalized spacial score (nSPS) is 18.2. The second kappa shape index (κ2) is 8.43. The molecular formula is C18H22N2O5. The molecule has 0 unspecified atom stereocenters. The average Bonchev–Trinajstić information content (AvgIpc) is 2.70. The smallest absolute Gasteiger partial charge is 0.323 e. The number of aryl methyl sites for hydroxylation is 1. The largest absolute Gasteiger partial charge is 0.480 e. The van der Waals surface area contributed by atoms with E-state index in [1.54, 1.807) is 18.2 Å². The van der Waals surface area contributed by atoms with Crippen molar-refractivity contribution in [3.05, 3.63) is 42.5 Å². The fourth-order valence-corrected chi connectivity index (χ4v) is 2.97. The summed E-state index contributed by atoms with van der Waals surface area (Å²) in [7, 11) is 0. The first-order valence-corrected chi connectivity index (χ1v) is 8.15. The van der Waals surface area contributed by atoms with Gasteiger partial charge in [0, 0.05) is 5.69 Å². The van der Waals surface area contributed by atoms with E-state index in [1.165, 1.54) is 4.90 Å². The van der Waals surface area contributed by atoms with E-state index in [0.29, 0.717) is 31.4 Å². The fourth-order valence-electron chi connectivity index (χ4n) is 2.97. The van der Waals surface area contributed by atoms with Crippen LogP contribution in [-0.2, 0) is 20.8 Å². The molecule has 2 atom stereocenters. The van der Waals surface area contributed by atoms with E-state index >= 15 is 0 Å². The first-order chi connectivity index (χ1) is 11.9. The van der Waals surface area contributed by atoms with Crippen LogP contribution in [0.15, 0.2) is 36.9 Å². The van der Waals surface area contributed by atoms with Crippen LogP contribution in [0.4, 0.5) is 5.69 Å². The third kappa shape index (κ3) is 4.67. The van der Waals surface area contributed by atoms with Gasteiger partial charge in [0.15, 0.2) is 0 Å². The van der Waals surface area contributed by atoms with Gasteiger partial charge in [-0.1, -0.05) is 24.3 Å². The van der Waals surface area contributed by atoms with Crippen molar-refractivity contribution in [3.63, 3.8) is 0 Å². The maximum absolute atomic E-state index is 12.9. The minimum Gasteiger partial charge on any atom is -0.480 e. The summed E-state index contributed by atoms with van der Waals surface area (Å²) < 4.78 is 0. The Bertz CT molecular complexity index is 673. The minimum absolute atomic E-state index is 0.314. The van der Waals surface area contributed by atoms with Crippen LogP contribution >= 0.6 is 0 Å². The Kier molecular flexibility index (Phi) is 6.30. The molecule has 1 aliphatic rings. The number of nitrogens with zero attached hydrogens (tertiary/aromatic N) is 1. The predicted octanol–water partition coefficient (Wildman–Crippen LogP) is 1.43. The molecule has 0 radical (unpaired) electrons. The van der Waals surface area contributed by atoms with Crippen LogP contribution in [0.2, 0.25) is 0 Å². The van der Waals surface area contributed by atoms with Gasteiger partial charge in [-0.3, -0.25) is 24.6 Å². The number of amides is 1. The number of carbonyl (C=O) groups excluding carboxylic acids is 1. The number of hydrogen-bond donors (Lipinski definition) is 3. The van der Waals surface area contributed by atoms with Gasteiger partial charge < -0.3 is 10.2 Å². The van der Waals surface area contributed by atoms with E-state index in [2.05, 4.69) is 11.9 Å². The molecule has 0 saturated carbocycles. The van der Waals surface area contributed by atoms with Gasteiger partial charge in [0.05, 0.1) is 6.04 Å². The third-order valence-corrected chi connectivity index (χ3v) is 4.20. The fraction of sp³-hybridized carbons (Fsp3) is 0.389. The number of allylic oxidation sites excluding steroid dienone is 1. The van der Waals surface area contributed by atoms with Crippen LogP contribution in [0.1, 0.15) is 24.8 Å². The summed E-state index contributed by atoms with van der Waals surface area (Å²) in [6.07, 6.45) is 3.41. The first kappa shape index (κ1) is 18.7. The van der Waals surface area contributed by atoms with Crippen molar-refractivity contribution in [3.8, 4) is 0 Å². The van der Waals surface area contributed by atoms with Crippen LogP contribution in [-0.4, -0.2) is 46.7 Å². The standard InChI is InChI=1S/C18H22N2O5/c1-2-3-7-14(18(24)25)19-13-10-9-12-6-4-5-8-15(12)20(17(13)23)11-16(21)22/h2,4-6,8,13-14,19H,1,3,7,9-11H2,(H,21,22)(H,24,25)/t13-,14-/m0/s1. The Morgan fingerprint density at radius 3 is 2.72 bits per heavy atom. The molecule has 3 N–H and O–H groups in total. The number of aliphatic carboxylic acids is 2. The lowest BCUT2D eigenvalue weighted by Gasteiger charge is -2.26. The van der Waals surface area contributed by atoms with Gasteiger partial charge in [-0.2, -0.15) is 0 Å². The highest BCUT2D eigenvalue weighted by Gasteiger charge is 2.33. The minimum atomic E-state index is -1.12. The summed E-state index contributed by atoms with van der Waals surface area (Å²) in [6, 6.07) is 5.51. The van der Waals surface area contributed by atoms with Crippen LogP contribution < -0.4 is 10.2 Å². The van der Waals surface area contributed by atoms with Gasteiger partial charge >= 0.3 is 11.9 Å². The van der Waals surface area contributed by atoms with Crippen LogP contribution in [0.5, 0.6) is 0 Å². The van der Waals surface area contributed by atoms with E-state index in [4.69, 9.17) is 5.11 Å². The molecule has 2 rings (SSSR count). The average molecular weight is 346 g/mol. The van der Waals surface area contributed by atoms with Crippen molar-refractivity contribution in [1.82, 2.24) is 5.32 Å². The van der Waals surface area contributed by atoms with Crippen molar-refractivity contribution < 1.29 is 24.6 Å². The van der Waals surface area contributed by atoms with E-state index in [1.807, 2.05) is 12.1 Å². The molecule has 7 nitrogen and oxygen atoms in total. The Balaban J connectivity index is 2.26. The van der Waals surface area contributed by atoms with Gasteiger partial charge in [-0.05, 0) is 37.3 Å². The Morgan fingerprint density at radius 1 is 1.36 bits per heavy atom. The summed E-state index contributed by atoms with van der Waals surface area (Å²) in [5.41, 5.74) is 1.44. The molecule has 0 bridgehead atoms. The second-order valence-electron chi connectivity index (χ2n) is 5.96. The van der Waals surface area contributed by atoms with Crippen LogP contribution in [0.3, 0.4) is 0 Å². The quantitative estimate of drug-likeness (QED) is 0.615. The summed E-state index contributed by atoms with van der Waals surface area (Å²) in [4.78, 5) is 36.7. The number of carboxylic acid groups (broad SMARTS) is 2. The van der Waals surface area contributed by atoms with Crippen LogP contribution in [0.25, 0.3) is 0 Å². The van der Waals surface area contributed by atoms with E-state index in [0.717, 1.165) is 5.56 Å². The summed E-state index contributed by atoms with van der Waals surface area (Å²) in [5.74, 6) is -2.58. The topological polar surface area (TPSA) is 107 Å². The number of carbonyl (C=O) groups is 3. The Hall–Kier alpha value is -2.67. The van der Waals surface area contributed by atoms with E-state index in [9.17, 15) is 19.5 Å². The number of hydrogen-bond acceptors (Lipinski definition) is 4. The molecule has 1 amide bonds. The lowest BCUT2D eigenvalue weighted by Crippen LogP contribution is -2.52. The molecule has 0 fully saturated rings. The molecule has 1 aromatic rings. The lowest BCUT2D eigenvalue weighted by atomic mass is 10.0. The number of nitrogens with one attached hydrogen (secondary N) is 1. The zero-order valence-corrected chi connectivity index (χ0v) is 13.9. The van der Waals surface area contributed by atoms with Gasteiger partial charge in [0.25, 0.3) is 0 Å². The zero-order chi connectivity index (χ0) is 18.4.